The minimum Gasteiger partial charge on any atom is -0.250 e. The Kier molecular flexibility index (Phi) is 0.728. The van der Waals surface area contributed by atoms with E-state index in [0.29, 0.717) is 13.0 Å². The highest BCUT2D eigenvalue weighted by Crippen LogP contribution is 2.09. The Morgan fingerprint density at radius 3 is 3.60 bits per heavy atom. The molecule has 1 aliphatic rings. The van der Waals surface area contributed by atoms with E-state index in [-0.39, 0.29) is 12.2 Å². The Bertz CT molecular complexity index is 346. The molecule has 0 atom stereocenters. The van der Waals surface area contributed by atoms with Crippen LogP contribution in [-0.2, 0) is 12.9 Å². The van der Waals surface area contributed by atoms with Crippen LogP contribution in [0.1, 0.15) is 30.5 Å². The second kappa shape index (κ2) is 2.40. The number of fused-ring (bicyclic) bond motifs is 1. The molecular weight excluding hydrogens is 126 g/mol. The lowest BCUT2D eigenvalue weighted by atomic mass is 10.2. The van der Waals surface area contributed by atoms with Crippen molar-refractivity contribution < 1.29 is 5.48 Å². The molecule has 0 fully saturated rings. The lowest BCUT2D eigenvalue weighted by Gasteiger charge is -1.96. The predicted octanol–water partition coefficient (Wildman–Crippen LogP) is 1.00. The van der Waals surface area contributed by atoms with Crippen LogP contribution in [0, 0.1) is 0 Å². The van der Waals surface area contributed by atoms with E-state index < -0.39 is 12.7 Å². The zero-order valence-corrected chi connectivity index (χ0v) is 5.54. The van der Waals surface area contributed by atoms with Crippen LogP contribution < -0.4 is 0 Å². The second-order valence-corrected chi connectivity index (χ2v) is 2.21. The molecule has 0 N–H and O–H groups in total. The zero-order valence-electron chi connectivity index (χ0n) is 9.54. The third-order valence-corrected chi connectivity index (χ3v) is 1.49. The van der Waals surface area contributed by atoms with E-state index in [1.165, 1.54) is 11.0 Å². The molecule has 0 bridgehead atoms. The molecule has 3 heteroatoms. The smallest absolute Gasteiger partial charge is 0.138 e. The van der Waals surface area contributed by atoms with E-state index in [1.807, 2.05) is 0 Å². The molecule has 0 aliphatic carbocycles. The molecule has 0 aromatic carbocycles. The SMILES string of the molecule is [2H]C1([2H])CCCn2ncnc2C1([2H])[2H]. The summed E-state index contributed by atoms with van der Waals surface area (Å²) >= 11 is 0. The molecule has 0 saturated heterocycles. The van der Waals surface area contributed by atoms with Gasteiger partial charge in [0, 0.05) is 18.4 Å². The minimum atomic E-state index is -2.06. The molecular formula is C7H11N3. The number of rotatable bonds is 0. The van der Waals surface area contributed by atoms with Crippen molar-refractivity contribution in [1.29, 1.82) is 0 Å². The molecule has 0 saturated carbocycles. The normalized spacial score (nSPS) is 34.0. The van der Waals surface area contributed by atoms with Crippen LogP contribution in [0.4, 0.5) is 0 Å². The van der Waals surface area contributed by atoms with Crippen molar-refractivity contribution in [1.82, 2.24) is 14.8 Å². The molecule has 1 aromatic heterocycles. The van der Waals surface area contributed by atoms with Gasteiger partial charge in [-0.05, 0) is 12.8 Å². The van der Waals surface area contributed by atoms with Gasteiger partial charge in [-0.2, -0.15) is 5.10 Å². The van der Waals surface area contributed by atoms with Crippen LogP contribution in [0.25, 0.3) is 0 Å². The Morgan fingerprint density at radius 2 is 2.60 bits per heavy atom. The number of nitrogens with zero attached hydrogens (tertiary/aromatic N) is 3. The van der Waals surface area contributed by atoms with Crippen molar-refractivity contribution in [2.24, 2.45) is 0 Å². The lowest BCUT2D eigenvalue weighted by molar-refractivity contribution is 0.575. The van der Waals surface area contributed by atoms with Gasteiger partial charge in [0.1, 0.15) is 12.2 Å². The van der Waals surface area contributed by atoms with Crippen molar-refractivity contribution >= 4 is 0 Å². The van der Waals surface area contributed by atoms with E-state index in [9.17, 15) is 0 Å². The summed E-state index contributed by atoms with van der Waals surface area (Å²) in [6.07, 6.45) is -1.86. The zero-order chi connectivity index (χ0) is 10.4. The van der Waals surface area contributed by atoms with E-state index >= 15 is 0 Å². The average molecular weight is 141 g/mol. The van der Waals surface area contributed by atoms with E-state index in [1.54, 1.807) is 0 Å². The lowest BCUT2D eigenvalue weighted by Crippen LogP contribution is -2.01. The van der Waals surface area contributed by atoms with Gasteiger partial charge in [0.15, 0.2) is 0 Å². The van der Waals surface area contributed by atoms with E-state index in [0.717, 1.165) is 0 Å². The van der Waals surface area contributed by atoms with E-state index in [4.69, 9.17) is 5.48 Å². The summed E-state index contributed by atoms with van der Waals surface area (Å²) in [5, 5.41) is 3.88. The molecule has 10 heavy (non-hydrogen) atoms. The summed E-state index contributed by atoms with van der Waals surface area (Å²) in [5.74, 6) is 0.0972. The summed E-state index contributed by atoms with van der Waals surface area (Å²) in [6.45, 7) is 0.536. The van der Waals surface area contributed by atoms with Gasteiger partial charge in [0.2, 0.25) is 0 Å². The highest BCUT2D eigenvalue weighted by molar-refractivity contribution is 4.86. The predicted molar refractivity (Wildman–Crippen MR) is 37.6 cm³/mol. The minimum absolute atomic E-state index is 0.0972. The van der Waals surface area contributed by atoms with Gasteiger partial charge in [-0.1, -0.05) is 6.42 Å². The summed E-state index contributed by atoms with van der Waals surface area (Å²) in [5.41, 5.74) is 0. The first-order chi connectivity index (χ1) is 6.45. The van der Waals surface area contributed by atoms with Crippen molar-refractivity contribution in [3.63, 3.8) is 0 Å². The van der Waals surface area contributed by atoms with E-state index in [2.05, 4.69) is 10.1 Å². The quantitative estimate of drug-likeness (QED) is 0.539. The third-order valence-electron chi connectivity index (χ3n) is 1.49. The Hall–Kier alpha value is -0.860. The molecule has 0 radical (unpaired) electrons. The van der Waals surface area contributed by atoms with Crippen LogP contribution in [0.5, 0.6) is 0 Å². The monoisotopic (exact) mass is 141 g/mol. The summed E-state index contributed by atoms with van der Waals surface area (Å²) < 4.78 is 32.2. The Morgan fingerprint density at radius 1 is 1.60 bits per heavy atom. The van der Waals surface area contributed by atoms with Gasteiger partial charge >= 0.3 is 0 Å². The first kappa shape index (κ1) is 3.03. The average Bonchev–Trinajstić information content (AvgIpc) is 2.48. The standard InChI is InChI=1S/C7H11N3/c1-2-4-7-8-6-9-10(7)5-3-1/h6H,1-5H2/i2D2,4D2. The first-order valence-electron chi connectivity index (χ1n) is 5.33. The molecule has 0 amide bonds. The number of aromatic nitrogens is 3. The van der Waals surface area contributed by atoms with Gasteiger partial charge in [-0.25, -0.2) is 4.98 Å². The van der Waals surface area contributed by atoms with Crippen molar-refractivity contribution in [2.45, 2.75) is 32.1 Å². The number of aryl methyl sites for hydroxylation is 2. The van der Waals surface area contributed by atoms with Crippen LogP contribution in [0.2, 0.25) is 0 Å². The maximum Gasteiger partial charge on any atom is 0.138 e. The van der Waals surface area contributed by atoms with Gasteiger partial charge in [0.25, 0.3) is 0 Å². The highest BCUT2D eigenvalue weighted by atomic mass is 15.3. The van der Waals surface area contributed by atoms with Gasteiger partial charge in [-0.15, -0.1) is 0 Å². The van der Waals surface area contributed by atoms with Crippen LogP contribution in [0.3, 0.4) is 0 Å². The molecule has 2 heterocycles. The molecule has 0 unspecified atom stereocenters. The second-order valence-electron chi connectivity index (χ2n) is 2.21. The summed E-state index contributed by atoms with van der Waals surface area (Å²) in [4.78, 5) is 3.80. The first-order valence-corrected chi connectivity index (χ1v) is 3.33. The maximum atomic E-state index is 7.74. The maximum absolute atomic E-state index is 7.74. The molecule has 1 aliphatic heterocycles. The summed E-state index contributed by atoms with van der Waals surface area (Å²) in [6, 6.07) is 0. The van der Waals surface area contributed by atoms with Crippen molar-refractivity contribution in [3.8, 4) is 0 Å². The van der Waals surface area contributed by atoms with Crippen molar-refractivity contribution in [2.75, 3.05) is 0 Å². The van der Waals surface area contributed by atoms with Crippen molar-refractivity contribution in [3.05, 3.63) is 12.2 Å². The van der Waals surface area contributed by atoms with Gasteiger partial charge in [-0.3, -0.25) is 4.68 Å². The van der Waals surface area contributed by atoms with Crippen LogP contribution in [0.15, 0.2) is 6.33 Å². The highest BCUT2D eigenvalue weighted by Gasteiger charge is 2.06. The number of hydrogen-bond acceptors (Lipinski definition) is 2. The van der Waals surface area contributed by atoms with Crippen LogP contribution in [-0.4, -0.2) is 14.8 Å². The summed E-state index contributed by atoms with van der Waals surface area (Å²) in [7, 11) is 0. The molecule has 0 spiro atoms. The fourth-order valence-corrected chi connectivity index (χ4v) is 0.983. The van der Waals surface area contributed by atoms with Crippen LogP contribution >= 0.6 is 0 Å². The third kappa shape index (κ3) is 0.916. The molecule has 54 valence electrons. The largest absolute Gasteiger partial charge is 0.250 e. The topological polar surface area (TPSA) is 30.7 Å². The number of hydrogen-bond donors (Lipinski definition) is 0. The van der Waals surface area contributed by atoms with Gasteiger partial charge in [0.05, 0.1) is 0 Å². The molecule has 2 rings (SSSR count). The Labute approximate surface area is 65.7 Å². The fraction of sp³-hybridized carbons (Fsp3) is 0.714. The van der Waals surface area contributed by atoms with Gasteiger partial charge < -0.3 is 0 Å². The molecule has 1 aromatic rings. The Balaban J connectivity index is 2.53. The molecule has 3 nitrogen and oxygen atoms in total. The fourth-order valence-electron chi connectivity index (χ4n) is 0.983.